The van der Waals surface area contributed by atoms with Gasteiger partial charge in [-0.15, -0.1) is 12.4 Å². The first-order valence-corrected chi connectivity index (χ1v) is 7.67. The van der Waals surface area contributed by atoms with Gasteiger partial charge < -0.3 is 10.5 Å². The third-order valence-electron chi connectivity index (χ3n) is 3.59. The van der Waals surface area contributed by atoms with Crippen LogP contribution < -0.4 is 10.5 Å². The maximum atomic E-state index is 6.26. The van der Waals surface area contributed by atoms with Crippen molar-refractivity contribution in [2.45, 2.75) is 39.3 Å². The second kappa shape index (κ2) is 9.50. The third kappa shape index (κ3) is 6.08. The molecule has 0 aromatic heterocycles. The van der Waals surface area contributed by atoms with Gasteiger partial charge in [0.1, 0.15) is 12.4 Å². The van der Waals surface area contributed by atoms with E-state index in [2.05, 4.69) is 38.1 Å². The van der Waals surface area contributed by atoms with Crippen LogP contribution in [-0.4, -0.2) is 0 Å². The molecule has 0 amide bonds. The van der Waals surface area contributed by atoms with Crippen LogP contribution in [0.1, 0.15) is 43.9 Å². The molecule has 0 fully saturated rings. The monoisotopic (exact) mass is 319 g/mol. The van der Waals surface area contributed by atoms with Crippen LogP contribution >= 0.6 is 12.4 Å². The molecule has 0 aliphatic carbocycles. The van der Waals surface area contributed by atoms with Crippen LogP contribution in [0.15, 0.2) is 54.6 Å². The van der Waals surface area contributed by atoms with E-state index in [9.17, 15) is 0 Å². The molecule has 2 aromatic carbocycles. The average molecular weight is 320 g/mol. The fraction of sp³-hybridized carbons (Fsp3) is 0.368. The van der Waals surface area contributed by atoms with E-state index in [1.807, 2.05) is 30.3 Å². The summed E-state index contributed by atoms with van der Waals surface area (Å²) >= 11 is 0. The summed E-state index contributed by atoms with van der Waals surface area (Å²) in [5, 5.41) is 0. The molecule has 0 bridgehead atoms. The van der Waals surface area contributed by atoms with Gasteiger partial charge in [0, 0.05) is 6.04 Å². The van der Waals surface area contributed by atoms with Gasteiger partial charge in [-0.05, 0) is 42.0 Å². The highest BCUT2D eigenvalue weighted by Crippen LogP contribution is 2.23. The predicted octanol–water partition coefficient (Wildman–Crippen LogP) is 5.12. The number of rotatable bonds is 7. The quantitative estimate of drug-likeness (QED) is 0.768. The standard InChI is InChI=1S/C19H25NO.ClH/c1-15(2)11-12-19(20)17-9-6-10-18(13-17)21-14-16-7-4-3-5-8-16;/h3-10,13,15,19H,11-12,14,20H2,1-2H3;1H/t19-;/m1./s1. The van der Waals surface area contributed by atoms with Gasteiger partial charge in [0.05, 0.1) is 0 Å². The summed E-state index contributed by atoms with van der Waals surface area (Å²) in [6.45, 7) is 5.05. The minimum atomic E-state index is 0. The molecular formula is C19H26ClNO. The fourth-order valence-electron chi connectivity index (χ4n) is 2.26. The first-order chi connectivity index (χ1) is 10.1. The largest absolute Gasteiger partial charge is 0.489 e. The highest BCUT2D eigenvalue weighted by atomic mass is 35.5. The van der Waals surface area contributed by atoms with Crippen LogP contribution in [0.3, 0.4) is 0 Å². The maximum absolute atomic E-state index is 6.26. The predicted molar refractivity (Wildman–Crippen MR) is 95.5 cm³/mol. The van der Waals surface area contributed by atoms with E-state index in [0.717, 1.165) is 24.2 Å². The molecule has 0 heterocycles. The SMILES string of the molecule is CC(C)CC[C@@H](N)c1cccc(OCc2ccccc2)c1.Cl. The van der Waals surface area contributed by atoms with Crippen molar-refractivity contribution < 1.29 is 4.74 Å². The van der Waals surface area contributed by atoms with Crippen LogP contribution in [0.2, 0.25) is 0 Å². The van der Waals surface area contributed by atoms with Crippen molar-refractivity contribution in [3.63, 3.8) is 0 Å². The summed E-state index contributed by atoms with van der Waals surface area (Å²) < 4.78 is 5.85. The van der Waals surface area contributed by atoms with Crippen LogP contribution in [0.4, 0.5) is 0 Å². The van der Waals surface area contributed by atoms with E-state index >= 15 is 0 Å². The number of nitrogens with two attached hydrogens (primary N) is 1. The molecule has 120 valence electrons. The number of halogens is 1. The van der Waals surface area contributed by atoms with E-state index in [0.29, 0.717) is 12.5 Å². The second-order valence-electron chi connectivity index (χ2n) is 5.92. The van der Waals surface area contributed by atoms with Crippen molar-refractivity contribution in [1.82, 2.24) is 0 Å². The van der Waals surface area contributed by atoms with Crippen molar-refractivity contribution >= 4 is 12.4 Å². The van der Waals surface area contributed by atoms with Crippen LogP contribution in [-0.2, 0) is 6.61 Å². The molecule has 0 saturated carbocycles. The molecule has 3 heteroatoms. The first kappa shape index (κ1) is 18.5. The number of hydrogen-bond acceptors (Lipinski definition) is 2. The Morgan fingerprint density at radius 1 is 0.955 bits per heavy atom. The summed E-state index contributed by atoms with van der Waals surface area (Å²) in [6.07, 6.45) is 2.16. The van der Waals surface area contributed by atoms with Crippen molar-refractivity contribution in [2.75, 3.05) is 0 Å². The zero-order valence-electron chi connectivity index (χ0n) is 13.4. The van der Waals surface area contributed by atoms with Crippen LogP contribution in [0.25, 0.3) is 0 Å². The lowest BCUT2D eigenvalue weighted by molar-refractivity contribution is 0.305. The minimum absolute atomic E-state index is 0. The van der Waals surface area contributed by atoms with Gasteiger partial charge in [0.2, 0.25) is 0 Å². The normalized spacial score (nSPS) is 11.8. The van der Waals surface area contributed by atoms with Gasteiger partial charge >= 0.3 is 0 Å². The van der Waals surface area contributed by atoms with Crippen molar-refractivity contribution in [2.24, 2.45) is 11.7 Å². The number of benzene rings is 2. The number of ether oxygens (including phenoxy) is 1. The maximum Gasteiger partial charge on any atom is 0.120 e. The molecule has 0 radical (unpaired) electrons. The molecule has 2 aromatic rings. The molecule has 2 rings (SSSR count). The van der Waals surface area contributed by atoms with E-state index in [4.69, 9.17) is 10.5 Å². The lowest BCUT2D eigenvalue weighted by atomic mass is 9.98. The Morgan fingerprint density at radius 3 is 2.36 bits per heavy atom. The van der Waals surface area contributed by atoms with Gasteiger partial charge in [-0.1, -0.05) is 56.3 Å². The second-order valence-corrected chi connectivity index (χ2v) is 5.92. The van der Waals surface area contributed by atoms with Crippen LogP contribution in [0.5, 0.6) is 5.75 Å². The summed E-state index contributed by atoms with van der Waals surface area (Å²) in [6, 6.07) is 18.4. The molecule has 0 spiro atoms. The Kier molecular flexibility index (Phi) is 8.00. The smallest absolute Gasteiger partial charge is 0.120 e. The molecular weight excluding hydrogens is 294 g/mol. The Bertz CT molecular complexity index is 542. The van der Waals surface area contributed by atoms with E-state index in [-0.39, 0.29) is 18.4 Å². The van der Waals surface area contributed by atoms with Crippen LogP contribution in [0, 0.1) is 5.92 Å². The van der Waals surface area contributed by atoms with Crippen molar-refractivity contribution in [3.05, 3.63) is 65.7 Å². The topological polar surface area (TPSA) is 35.2 Å². The van der Waals surface area contributed by atoms with Gasteiger partial charge in [-0.25, -0.2) is 0 Å². The zero-order chi connectivity index (χ0) is 15.1. The minimum Gasteiger partial charge on any atom is -0.489 e. The lowest BCUT2D eigenvalue weighted by Crippen LogP contribution is -2.11. The summed E-state index contributed by atoms with van der Waals surface area (Å²) in [5.74, 6) is 1.57. The van der Waals surface area contributed by atoms with E-state index < -0.39 is 0 Å². The Morgan fingerprint density at radius 2 is 1.68 bits per heavy atom. The molecule has 0 aliphatic rings. The molecule has 0 unspecified atom stereocenters. The summed E-state index contributed by atoms with van der Waals surface area (Å²) in [5.41, 5.74) is 8.59. The number of hydrogen-bond donors (Lipinski definition) is 1. The summed E-state index contributed by atoms with van der Waals surface area (Å²) in [4.78, 5) is 0. The molecule has 1 atom stereocenters. The lowest BCUT2D eigenvalue weighted by Gasteiger charge is -2.15. The third-order valence-corrected chi connectivity index (χ3v) is 3.59. The van der Waals surface area contributed by atoms with Gasteiger partial charge in [0.15, 0.2) is 0 Å². The molecule has 2 nitrogen and oxygen atoms in total. The van der Waals surface area contributed by atoms with Crippen molar-refractivity contribution in [3.8, 4) is 5.75 Å². The van der Waals surface area contributed by atoms with E-state index in [1.165, 1.54) is 5.56 Å². The van der Waals surface area contributed by atoms with E-state index in [1.54, 1.807) is 0 Å². The molecule has 0 aliphatic heterocycles. The Hall–Kier alpha value is -1.51. The highest BCUT2D eigenvalue weighted by Gasteiger charge is 2.08. The van der Waals surface area contributed by atoms with Crippen molar-refractivity contribution in [1.29, 1.82) is 0 Å². The average Bonchev–Trinajstić information content (AvgIpc) is 2.52. The molecule has 22 heavy (non-hydrogen) atoms. The summed E-state index contributed by atoms with van der Waals surface area (Å²) in [7, 11) is 0. The molecule has 2 N–H and O–H groups in total. The Labute approximate surface area is 140 Å². The fourth-order valence-corrected chi connectivity index (χ4v) is 2.26. The Balaban J connectivity index is 0.00000242. The zero-order valence-corrected chi connectivity index (χ0v) is 14.2. The molecule has 0 saturated heterocycles. The van der Waals surface area contributed by atoms with Gasteiger partial charge in [-0.3, -0.25) is 0 Å². The van der Waals surface area contributed by atoms with Gasteiger partial charge in [0.25, 0.3) is 0 Å². The first-order valence-electron chi connectivity index (χ1n) is 7.67. The highest BCUT2D eigenvalue weighted by molar-refractivity contribution is 5.85. The van der Waals surface area contributed by atoms with Gasteiger partial charge in [-0.2, -0.15) is 0 Å².